The number of nitrogens with zero attached hydrogens (tertiary/aromatic N) is 2. The molecule has 1 fully saturated rings. The van der Waals surface area contributed by atoms with Crippen molar-refractivity contribution in [1.82, 2.24) is 4.98 Å². The molecule has 0 saturated carbocycles. The van der Waals surface area contributed by atoms with Gasteiger partial charge in [0.1, 0.15) is 5.69 Å². The number of carbonyl (C=O) groups excluding carboxylic acids is 1. The summed E-state index contributed by atoms with van der Waals surface area (Å²) in [6, 6.07) is 12.0. The van der Waals surface area contributed by atoms with E-state index in [1.54, 1.807) is 12.3 Å². The first-order chi connectivity index (χ1) is 12.1. The fourth-order valence-electron chi connectivity index (χ4n) is 3.08. The molecule has 2 N–H and O–H groups in total. The van der Waals surface area contributed by atoms with Crippen molar-refractivity contribution >= 4 is 23.0 Å². The Balaban J connectivity index is 1.64. The number of pyridine rings is 1. The van der Waals surface area contributed by atoms with Gasteiger partial charge in [-0.15, -0.1) is 0 Å². The number of aromatic nitrogens is 1. The molecule has 2 heterocycles. The molecule has 2 aromatic rings. The van der Waals surface area contributed by atoms with E-state index < -0.39 is 0 Å². The van der Waals surface area contributed by atoms with E-state index in [0.29, 0.717) is 11.7 Å². The Kier molecular flexibility index (Phi) is 5.53. The van der Waals surface area contributed by atoms with Crippen LogP contribution in [0.5, 0.6) is 0 Å². The van der Waals surface area contributed by atoms with Gasteiger partial charge in [-0.1, -0.05) is 0 Å². The van der Waals surface area contributed by atoms with Gasteiger partial charge in [-0.05, 0) is 69.5 Å². The van der Waals surface area contributed by atoms with Crippen LogP contribution in [0.1, 0.15) is 43.6 Å². The molecule has 0 spiro atoms. The molecule has 0 bridgehead atoms. The topological polar surface area (TPSA) is 57.3 Å². The second-order valence-electron chi connectivity index (χ2n) is 6.78. The Labute approximate surface area is 149 Å². The van der Waals surface area contributed by atoms with E-state index in [0.717, 1.165) is 24.5 Å². The third-order valence-electron chi connectivity index (χ3n) is 4.29. The maximum absolute atomic E-state index is 12.4. The maximum Gasteiger partial charge on any atom is 0.274 e. The van der Waals surface area contributed by atoms with E-state index >= 15 is 0 Å². The first-order valence-electron chi connectivity index (χ1n) is 9.01. The number of anilines is 3. The van der Waals surface area contributed by atoms with Crippen molar-refractivity contribution in [3.05, 3.63) is 48.3 Å². The van der Waals surface area contributed by atoms with Crippen LogP contribution in [0.3, 0.4) is 0 Å². The molecular formula is C20H26N4O. The smallest absolute Gasteiger partial charge is 0.274 e. The summed E-state index contributed by atoms with van der Waals surface area (Å²) in [6.45, 7) is 6.35. The Bertz CT molecular complexity index is 706. The van der Waals surface area contributed by atoms with Gasteiger partial charge in [-0.25, -0.2) is 0 Å². The number of hydrogen-bond donors (Lipinski definition) is 2. The number of hydrogen-bond acceptors (Lipinski definition) is 4. The third-order valence-corrected chi connectivity index (χ3v) is 4.29. The normalized spacial score (nSPS) is 14.4. The summed E-state index contributed by atoms with van der Waals surface area (Å²) >= 11 is 0. The molecule has 5 nitrogen and oxygen atoms in total. The number of amides is 1. The molecule has 0 unspecified atom stereocenters. The quantitative estimate of drug-likeness (QED) is 0.860. The van der Waals surface area contributed by atoms with Crippen LogP contribution >= 0.6 is 0 Å². The van der Waals surface area contributed by atoms with Crippen LogP contribution in [0.25, 0.3) is 0 Å². The Morgan fingerprint density at radius 2 is 1.76 bits per heavy atom. The third kappa shape index (κ3) is 4.72. The molecule has 1 aromatic heterocycles. The largest absolute Gasteiger partial charge is 0.383 e. The van der Waals surface area contributed by atoms with Crippen molar-refractivity contribution in [1.29, 1.82) is 0 Å². The van der Waals surface area contributed by atoms with E-state index in [1.807, 2.05) is 18.2 Å². The Morgan fingerprint density at radius 1 is 1.04 bits per heavy atom. The summed E-state index contributed by atoms with van der Waals surface area (Å²) in [7, 11) is 0. The van der Waals surface area contributed by atoms with Gasteiger partial charge in [0.05, 0.1) is 0 Å². The minimum absolute atomic E-state index is 0.196. The van der Waals surface area contributed by atoms with Gasteiger partial charge < -0.3 is 15.5 Å². The minimum Gasteiger partial charge on any atom is -0.383 e. The van der Waals surface area contributed by atoms with Crippen LogP contribution < -0.4 is 15.5 Å². The fourth-order valence-corrected chi connectivity index (χ4v) is 3.08. The molecule has 1 amide bonds. The predicted octanol–water partition coefficient (Wildman–Crippen LogP) is 4.14. The zero-order chi connectivity index (χ0) is 17.6. The average molecular weight is 338 g/mol. The molecule has 3 rings (SSSR count). The van der Waals surface area contributed by atoms with E-state index in [9.17, 15) is 4.79 Å². The first kappa shape index (κ1) is 17.3. The molecule has 0 atom stereocenters. The molecule has 25 heavy (non-hydrogen) atoms. The van der Waals surface area contributed by atoms with Crippen molar-refractivity contribution in [2.45, 2.75) is 39.2 Å². The lowest BCUT2D eigenvalue weighted by Crippen LogP contribution is -2.29. The number of nitrogens with one attached hydrogen (secondary N) is 2. The average Bonchev–Trinajstić information content (AvgIpc) is 2.63. The highest BCUT2D eigenvalue weighted by Gasteiger charge is 2.12. The van der Waals surface area contributed by atoms with Gasteiger partial charge in [0, 0.05) is 42.4 Å². The summed E-state index contributed by atoms with van der Waals surface area (Å²) in [4.78, 5) is 19.0. The van der Waals surface area contributed by atoms with Crippen LogP contribution in [-0.2, 0) is 0 Å². The van der Waals surface area contributed by atoms with Crippen LogP contribution in [0.15, 0.2) is 42.6 Å². The van der Waals surface area contributed by atoms with Crippen LogP contribution in [0.4, 0.5) is 17.1 Å². The van der Waals surface area contributed by atoms with Crippen molar-refractivity contribution in [3.63, 3.8) is 0 Å². The van der Waals surface area contributed by atoms with Gasteiger partial charge in [-0.3, -0.25) is 9.78 Å². The van der Waals surface area contributed by atoms with Crippen molar-refractivity contribution in [2.75, 3.05) is 28.6 Å². The van der Waals surface area contributed by atoms with Gasteiger partial charge >= 0.3 is 0 Å². The summed E-state index contributed by atoms with van der Waals surface area (Å²) in [5, 5.41) is 6.20. The highest BCUT2D eigenvalue weighted by Crippen LogP contribution is 2.22. The molecule has 5 heteroatoms. The zero-order valence-electron chi connectivity index (χ0n) is 15.0. The molecule has 132 valence electrons. The second-order valence-corrected chi connectivity index (χ2v) is 6.78. The lowest BCUT2D eigenvalue weighted by molar-refractivity contribution is 0.102. The molecule has 1 aliphatic rings. The van der Waals surface area contributed by atoms with E-state index in [1.165, 1.54) is 24.9 Å². The molecular weight excluding hydrogens is 312 g/mol. The van der Waals surface area contributed by atoms with E-state index in [4.69, 9.17) is 0 Å². The Hall–Kier alpha value is -2.56. The highest BCUT2D eigenvalue weighted by atomic mass is 16.1. The highest BCUT2D eigenvalue weighted by molar-refractivity contribution is 6.03. The molecule has 1 aliphatic heterocycles. The predicted molar refractivity (Wildman–Crippen MR) is 103 cm³/mol. The molecule has 1 aromatic carbocycles. The second kappa shape index (κ2) is 8.01. The van der Waals surface area contributed by atoms with Crippen molar-refractivity contribution in [3.8, 4) is 0 Å². The van der Waals surface area contributed by atoms with Crippen molar-refractivity contribution < 1.29 is 4.79 Å². The summed E-state index contributed by atoms with van der Waals surface area (Å²) < 4.78 is 0. The van der Waals surface area contributed by atoms with Gasteiger partial charge in [0.25, 0.3) is 5.91 Å². The number of carbonyl (C=O) groups is 1. The van der Waals surface area contributed by atoms with E-state index in [-0.39, 0.29) is 5.91 Å². The van der Waals surface area contributed by atoms with Crippen LogP contribution in [0, 0.1) is 0 Å². The molecule has 1 saturated heterocycles. The van der Waals surface area contributed by atoms with Gasteiger partial charge in [0.2, 0.25) is 0 Å². The van der Waals surface area contributed by atoms with Crippen molar-refractivity contribution in [2.24, 2.45) is 0 Å². The maximum atomic E-state index is 12.4. The monoisotopic (exact) mass is 338 g/mol. The molecule has 0 aliphatic carbocycles. The zero-order valence-corrected chi connectivity index (χ0v) is 15.0. The number of benzene rings is 1. The molecule has 0 radical (unpaired) electrons. The standard InChI is InChI=1S/C20H26N4O/c1-15(2)22-17-10-11-21-19(14-17)20(25)23-16-6-8-18(9-7-16)24-12-4-3-5-13-24/h6-11,14-15H,3-5,12-13H2,1-2H3,(H,21,22)(H,23,25). The van der Waals surface area contributed by atoms with E-state index in [2.05, 4.69) is 46.5 Å². The van der Waals surface area contributed by atoms with Crippen LogP contribution in [0.2, 0.25) is 0 Å². The summed E-state index contributed by atoms with van der Waals surface area (Å²) in [6.07, 6.45) is 5.48. The van der Waals surface area contributed by atoms with Gasteiger partial charge in [-0.2, -0.15) is 0 Å². The van der Waals surface area contributed by atoms with Crippen LogP contribution in [-0.4, -0.2) is 30.0 Å². The lowest BCUT2D eigenvalue weighted by Gasteiger charge is -2.28. The minimum atomic E-state index is -0.196. The lowest BCUT2D eigenvalue weighted by atomic mass is 10.1. The number of piperidine rings is 1. The summed E-state index contributed by atoms with van der Waals surface area (Å²) in [5.41, 5.74) is 3.31. The Morgan fingerprint density at radius 3 is 2.44 bits per heavy atom. The number of rotatable bonds is 5. The fraction of sp³-hybridized carbons (Fsp3) is 0.400. The SMILES string of the molecule is CC(C)Nc1ccnc(C(=O)Nc2ccc(N3CCCCC3)cc2)c1. The summed E-state index contributed by atoms with van der Waals surface area (Å²) in [5.74, 6) is -0.196. The first-order valence-corrected chi connectivity index (χ1v) is 9.01. The van der Waals surface area contributed by atoms with Gasteiger partial charge in [0.15, 0.2) is 0 Å².